The largest absolute Gasteiger partial charge is 0.339 e. The van der Waals surface area contributed by atoms with Gasteiger partial charge in [0.05, 0.1) is 12.1 Å². The summed E-state index contributed by atoms with van der Waals surface area (Å²) in [5.74, 6) is -0.307. The molecule has 1 unspecified atom stereocenters. The number of thiocarbonyl (C=S) groups is 1. The molecule has 0 aliphatic heterocycles. The van der Waals surface area contributed by atoms with Crippen LogP contribution in [0.15, 0.2) is 51.4 Å². The van der Waals surface area contributed by atoms with E-state index in [-0.39, 0.29) is 17.4 Å². The molecule has 0 saturated carbocycles. The van der Waals surface area contributed by atoms with Gasteiger partial charge in [0.1, 0.15) is 6.17 Å². The van der Waals surface area contributed by atoms with Gasteiger partial charge in [-0.15, -0.1) is 0 Å². The van der Waals surface area contributed by atoms with Gasteiger partial charge >= 0.3 is 0 Å². The average Bonchev–Trinajstić information content (AvgIpc) is 2.59. The minimum atomic E-state index is -1.81. The number of hydrogen-bond acceptors (Lipinski definition) is 2. The molecule has 150 valence electrons. The lowest BCUT2D eigenvalue weighted by atomic mass is 10.1. The fourth-order valence-corrected chi connectivity index (χ4v) is 3.88. The molecule has 2 rings (SSSR count). The molecule has 1 amide bonds. The first-order chi connectivity index (χ1) is 13.1. The highest BCUT2D eigenvalue weighted by atomic mass is 79.9. The molecule has 0 radical (unpaired) electrons. The second-order valence-electron chi connectivity index (χ2n) is 5.88. The van der Waals surface area contributed by atoms with Crippen LogP contribution in [0.5, 0.6) is 0 Å². The zero-order valence-corrected chi connectivity index (χ0v) is 20.8. The highest BCUT2D eigenvalue weighted by Gasteiger charge is 2.34. The molecule has 0 aliphatic carbocycles. The Morgan fingerprint density at radius 3 is 2.36 bits per heavy atom. The summed E-state index contributed by atoms with van der Waals surface area (Å²) in [7, 11) is 0. The number of hydrogen-bond donors (Lipinski definition) is 3. The zero-order valence-electron chi connectivity index (χ0n) is 14.5. The molecule has 10 heteroatoms. The Labute approximate surface area is 200 Å². The Morgan fingerprint density at radius 2 is 1.75 bits per heavy atom. The van der Waals surface area contributed by atoms with Crippen molar-refractivity contribution in [1.29, 1.82) is 0 Å². The van der Waals surface area contributed by atoms with Gasteiger partial charge in [0.15, 0.2) is 5.11 Å². The van der Waals surface area contributed by atoms with Crippen molar-refractivity contribution in [2.75, 3.05) is 5.32 Å². The molecule has 0 saturated heterocycles. The summed E-state index contributed by atoms with van der Waals surface area (Å²) in [6.07, 6.45) is -0.874. The number of halogens is 5. The van der Waals surface area contributed by atoms with Crippen molar-refractivity contribution >= 4 is 95.6 Å². The summed E-state index contributed by atoms with van der Waals surface area (Å²) in [5.41, 5.74) is 2.59. The summed E-state index contributed by atoms with van der Waals surface area (Å²) in [6.45, 7) is 1.95. The maximum absolute atomic E-state index is 12.3. The molecule has 0 fully saturated rings. The van der Waals surface area contributed by atoms with E-state index in [1.165, 1.54) is 0 Å². The quantitative estimate of drug-likeness (QED) is 0.233. The van der Waals surface area contributed by atoms with Gasteiger partial charge in [0.25, 0.3) is 0 Å². The van der Waals surface area contributed by atoms with Crippen LogP contribution in [0.3, 0.4) is 0 Å². The highest BCUT2D eigenvalue weighted by molar-refractivity contribution is 9.11. The first-order valence-electron chi connectivity index (χ1n) is 7.99. The molecule has 0 aliphatic rings. The number of aryl methyl sites for hydroxylation is 1. The first kappa shape index (κ1) is 23.7. The van der Waals surface area contributed by atoms with E-state index in [0.717, 1.165) is 25.8 Å². The minimum absolute atomic E-state index is 0.150. The third kappa shape index (κ3) is 7.35. The van der Waals surface area contributed by atoms with Crippen LogP contribution >= 0.6 is 78.9 Å². The fraction of sp³-hybridized carbons (Fsp3) is 0.222. The maximum atomic E-state index is 12.3. The van der Waals surface area contributed by atoms with E-state index in [9.17, 15) is 4.79 Å². The lowest BCUT2D eigenvalue weighted by Gasteiger charge is -2.28. The van der Waals surface area contributed by atoms with Crippen LogP contribution in [0.4, 0.5) is 5.69 Å². The predicted octanol–water partition coefficient (Wildman–Crippen LogP) is 5.86. The molecule has 28 heavy (non-hydrogen) atoms. The molecule has 0 heterocycles. The number of carbonyl (C=O) groups excluding carboxylic acids is 1. The normalized spacial score (nSPS) is 12.2. The van der Waals surface area contributed by atoms with E-state index in [4.69, 9.17) is 47.0 Å². The molecule has 0 bridgehead atoms. The van der Waals surface area contributed by atoms with Crippen molar-refractivity contribution in [1.82, 2.24) is 10.6 Å². The van der Waals surface area contributed by atoms with Crippen molar-refractivity contribution in [2.45, 2.75) is 23.3 Å². The van der Waals surface area contributed by atoms with Crippen LogP contribution in [-0.4, -0.2) is 21.0 Å². The molecule has 2 aromatic rings. The Hall–Kier alpha value is -0.570. The van der Waals surface area contributed by atoms with Crippen LogP contribution in [0.2, 0.25) is 0 Å². The van der Waals surface area contributed by atoms with Crippen LogP contribution in [0.25, 0.3) is 0 Å². The lowest BCUT2D eigenvalue weighted by Crippen LogP contribution is -2.56. The van der Waals surface area contributed by atoms with Gasteiger partial charge in [-0.25, -0.2) is 0 Å². The van der Waals surface area contributed by atoms with Gasteiger partial charge in [-0.05, 0) is 58.3 Å². The van der Waals surface area contributed by atoms with Crippen LogP contribution < -0.4 is 16.0 Å². The molecule has 3 N–H and O–H groups in total. The van der Waals surface area contributed by atoms with Gasteiger partial charge < -0.3 is 16.0 Å². The summed E-state index contributed by atoms with van der Waals surface area (Å²) < 4.78 is -0.0610. The number of rotatable bonds is 5. The van der Waals surface area contributed by atoms with Crippen molar-refractivity contribution in [3.05, 3.63) is 62.5 Å². The van der Waals surface area contributed by atoms with E-state index < -0.39 is 9.96 Å². The molecular formula is C18H16Br2Cl3N3OS. The van der Waals surface area contributed by atoms with Gasteiger partial charge in [-0.3, -0.25) is 4.79 Å². The number of carbonyl (C=O) groups is 1. The summed E-state index contributed by atoms with van der Waals surface area (Å²) in [5, 5.41) is 8.73. The monoisotopic (exact) mass is 585 g/mol. The van der Waals surface area contributed by atoms with Gasteiger partial charge in [0.2, 0.25) is 9.70 Å². The Bertz CT molecular complexity index is 863. The van der Waals surface area contributed by atoms with Crippen LogP contribution in [0.1, 0.15) is 11.1 Å². The molecule has 0 aromatic heterocycles. The van der Waals surface area contributed by atoms with E-state index in [2.05, 4.69) is 47.8 Å². The second kappa shape index (κ2) is 10.5. The van der Waals surface area contributed by atoms with E-state index >= 15 is 0 Å². The predicted molar refractivity (Wildman–Crippen MR) is 128 cm³/mol. The molecule has 0 spiro atoms. The standard InChI is InChI=1S/C18H16Br2Cl3N3OS/c1-10-7-14(13(20)9-12(10)19)24-17(28)26-16(18(21,22)23)25-15(27)8-11-5-3-2-4-6-11/h2-7,9,16H,8H2,1H3,(H,25,27)(H2,24,26,28). The fourth-order valence-electron chi connectivity index (χ4n) is 2.24. The van der Waals surface area contributed by atoms with Crippen LogP contribution in [-0.2, 0) is 11.2 Å². The van der Waals surface area contributed by atoms with E-state index in [1.54, 1.807) is 0 Å². The highest BCUT2D eigenvalue weighted by Crippen LogP contribution is 2.31. The SMILES string of the molecule is Cc1cc(NC(=S)NC(NC(=O)Cc2ccccc2)C(Cl)(Cl)Cl)c(Br)cc1Br. The van der Waals surface area contributed by atoms with Crippen molar-refractivity contribution in [3.8, 4) is 0 Å². The maximum Gasteiger partial charge on any atom is 0.228 e. The number of amides is 1. The topological polar surface area (TPSA) is 53.2 Å². The number of benzene rings is 2. The molecule has 2 aromatic carbocycles. The smallest absolute Gasteiger partial charge is 0.228 e. The van der Waals surface area contributed by atoms with Crippen molar-refractivity contribution < 1.29 is 4.79 Å². The van der Waals surface area contributed by atoms with Crippen LogP contribution in [0, 0.1) is 6.92 Å². The molecule has 4 nitrogen and oxygen atoms in total. The first-order valence-corrected chi connectivity index (χ1v) is 11.1. The Balaban J connectivity index is 2.04. The summed E-state index contributed by atoms with van der Waals surface area (Å²) in [4.78, 5) is 12.3. The third-order valence-electron chi connectivity index (χ3n) is 3.61. The lowest BCUT2D eigenvalue weighted by molar-refractivity contribution is -0.121. The van der Waals surface area contributed by atoms with E-state index in [1.807, 2.05) is 49.4 Å². The van der Waals surface area contributed by atoms with E-state index in [0.29, 0.717) is 0 Å². The molecule has 1 atom stereocenters. The minimum Gasteiger partial charge on any atom is -0.339 e. The van der Waals surface area contributed by atoms with Gasteiger partial charge in [-0.1, -0.05) is 81.1 Å². The zero-order chi connectivity index (χ0) is 20.9. The van der Waals surface area contributed by atoms with Crippen molar-refractivity contribution in [3.63, 3.8) is 0 Å². The number of anilines is 1. The Morgan fingerprint density at radius 1 is 1.11 bits per heavy atom. The third-order valence-corrected chi connectivity index (χ3v) is 6.00. The average molecular weight is 589 g/mol. The molecular weight excluding hydrogens is 572 g/mol. The number of nitrogens with one attached hydrogen (secondary N) is 3. The Kier molecular flexibility index (Phi) is 8.85. The summed E-state index contributed by atoms with van der Waals surface area (Å²) in [6, 6.07) is 13.1. The van der Waals surface area contributed by atoms with Crippen molar-refractivity contribution in [2.24, 2.45) is 0 Å². The van der Waals surface area contributed by atoms with Gasteiger partial charge in [0, 0.05) is 8.95 Å². The second-order valence-corrected chi connectivity index (χ2v) is 10.4. The number of alkyl halides is 3. The summed E-state index contributed by atoms with van der Waals surface area (Å²) >= 11 is 30.3. The van der Waals surface area contributed by atoms with Gasteiger partial charge in [-0.2, -0.15) is 0 Å².